The maximum Gasteiger partial charge on any atom is 0.0453 e. The van der Waals surface area contributed by atoms with Crippen LogP contribution in [0.1, 0.15) is 39.0 Å². The molecule has 0 radical (unpaired) electrons. The fourth-order valence-corrected chi connectivity index (χ4v) is 4.43. The number of benzene rings is 1. The van der Waals surface area contributed by atoms with Crippen LogP contribution in [0.2, 0.25) is 0 Å². The van der Waals surface area contributed by atoms with Crippen molar-refractivity contribution in [2.75, 3.05) is 5.73 Å². The van der Waals surface area contributed by atoms with Crippen LogP contribution in [0.25, 0.3) is 0 Å². The second-order valence-corrected chi connectivity index (χ2v) is 7.12. The second kappa shape index (κ2) is 6.14. The van der Waals surface area contributed by atoms with Gasteiger partial charge in [-0.2, -0.15) is 0 Å². The molecule has 94 valence electrons. The number of thioether (sulfide) groups is 1. The molecule has 2 N–H and O–H groups in total. The van der Waals surface area contributed by atoms with Crippen molar-refractivity contribution in [1.29, 1.82) is 0 Å². The van der Waals surface area contributed by atoms with E-state index in [4.69, 9.17) is 5.73 Å². The first-order valence-electron chi connectivity index (χ1n) is 6.40. The van der Waals surface area contributed by atoms with Crippen LogP contribution in [-0.2, 0) is 0 Å². The summed E-state index contributed by atoms with van der Waals surface area (Å²) in [5.74, 6) is 0.926. The Morgan fingerprint density at radius 2 is 2.24 bits per heavy atom. The van der Waals surface area contributed by atoms with Gasteiger partial charge in [0.05, 0.1) is 0 Å². The van der Waals surface area contributed by atoms with Gasteiger partial charge in [-0.3, -0.25) is 0 Å². The third kappa shape index (κ3) is 3.65. The van der Waals surface area contributed by atoms with E-state index in [1.165, 1.54) is 37.0 Å². The molecule has 1 saturated carbocycles. The first-order chi connectivity index (χ1) is 8.19. The summed E-state index contributed by atoms with van der Waals surface area (Å²) in [5.41, 5.74) is 6.95. The molecule has 1 aliphatic carbocycles. The molecule has 1 nitrogen and oxygen atoms in total. The maximum atomic E-state index is 6.03. The van der Waals surface area contributed by atoms with Gasteiger partial charge in [0.1, 0.15) is 0 Å². The van der Waals surface area contributed by atoms with Gasteiger partial charge < -0.3 is 5.73 Å². The maximum absolute atomic E-state index is 6.03. The lowest BCUT2D eigenvalue weighted by Gasteiger charge is -2.28. The Labute approximate surface area is 117 Å². The molecule has 1 fully saturated rings. The number of anilines is 1. The lowest BCUT2D eigenvalue weighted by Crippen LogP contribution is -2.16. The number of hydrogen-bond acceptors (Lipinski definition) is 2. The molecule has 0 bridgehead atoms. The van der Waals surface area contributed by atoms with Crippen molar-refractivity contribution in [2.45, 2.75) is 49.2 Å². The zero-order valence-corrected chi connectivity index (χ0v) is 12.7. The largest absolute Gasteiger partial charge is 0.398 e. The highest BCUT2D eigenvalue weighted by atomic mass is 79.9. The molecule has 1 aliphatic rings. The lowest BCUT2D eigenvalue weighted by molar-refractivity contribution is 0.357. The Hall–Kier alpha value is -0.150. The van der Waals surface area contributed by atoms with Gasteiger partial charge in [0, 0.05) is 20.3 Å². The molecule has 0 spiro atoms. The molecule has 0 amide bonds. The fraction of sp³-hybridized carbons (Fsp3) is 0.571. The van der Waals surface area contributed by atoms with Gasteiger partial charge in [0.2, 0.25) is 0 Å². The molecule has 0 heterocycles. The van der Waals surface area contributed by atoms with Crippen LogP contribution in [0.4, 0.5) is 5.69 Å². The molecular weight excluding hydrogens is 294 g/mol. The van der Waals surface area contributed by atoms with E-state index >= 15 is 0 Å². The first-order valence-corrected chi connectivity index (χ1v) is 8.08. The van der Waals surface area contributed by atoms with Crippen molar-refractivity contribution in [3.05, 3.63) is 22.7 Å². The van der Waals surface area contributed by atoms with Crippen molar-refractivity contribution in [2.24, 2.45) is 5.92 Å². The van der Waals surface area contributed by atoms with Gasteiger partial charge in [-0.15, -0.1) is 11.8 Å². The van der Waals surface area contributed by atoms with Gasteiger partial charge >= 0.3 is 0 Å². The minimum absolute atomic E-state index is 0.755. The normalized spacial score (nSPS) is 24.8. The predicted molar refractivity (Wildman–Crippen MR) is 80.4 cm³/mol. The smallest absolute Gasteiger partial charge is 0.0453 e. The molecule has 0 aromatic heterocycles. The zero-order valence-electron chi connectivity index (χ0n) is 10.3. The summed E-state index contributed by atoms with van der Waals surface area (Å²) in [6.45, 7) is 2.31. The van der Waals surface area contributed by atoms with E-state index in [0.29, 0.717) is 0 Å². The third-order valence-corrected chi connectivity index (χ3v) is 5.44. The monoisotopic (exact) mass is 313 g/mol. The van der Waals surface area contributed by atoms with E-state index in [2.05, 4.69) is 28.9 Å². The highest BCUT2D eigenvalue weighted by Gasteiger charge is 2.22. The summed E-state index contributed by atoms with van der Waals surface area (Å²) < 4.78 is 1.12. The third-order valence-electron chi connectivity index (χ3n) is 3.58. The summed E-state index contributed by atoms with van der Waals surface area (Å²) in [6, 6.07) is 6.15. The summed E-state index contributed by atoms with van der Waals surface area (Å²) in [5, 5.41) is 0.755. The quantitative estimate of drug-likeness (QED) is 0.786. The highest BCUT2D eigenvalue weighted by Crippen LogP contribution is 2.39. The van der Waals surface area contributed by atoms with Crippen LogP contribution in [0.15, 0.2) is 27.6 Å². The van der Waals surface area contributed by atoms with Crippen molar-refractivity contribution in [1.82, 2.24) is 0 Å². The van der Waals surface area contributed by atoms with E-state index in [-0.39, 0.29) is 0 Å². The van der Waals surface area contributed by atoms with Gasteiger partial charge in [0.25, 0.3) is 0 Å². The average Bonchev–Trinajstić information content (AvgIpc) is 2.34. The topological polar surface area (TPSA) is 26.0 Å². The van der Waals surface area contributed by atoms with Crippen LogP contribution in [-0.4, -0.2) is 5.25 Å². The molecule has 2 unspecified atom stereocenters. The highest BCUT2D eigenvalue weighted by molar-refractivity contribution is 9.10. The van der Waals surface area contributed by atoms with Gasteiger partial charge in [-0.1, -0.05) is 42.1 Å². The molecular formula is C14H20BrNS. The van der Waals surface area contributed by atoms with Crippen LogP contribution in [0.5, 0.6) is 0 Å². The van der Waals surface area contributed by atoms with Gasteiger partial charge in [0.15, 0.2) is 0 Å². The predicted octanol–water partition coefficient (Wildman–Crippen LogP) is 5.09. The SMILES string of the molecule is CCC1CCCC(Sc2cc(Br)ccc2N)C1. The number of halogens is 1. The number of nitrogens with two attached hydrogens (primary N) is 1. The molecule has 3 heteroatoms. The summed E-state index contributed by atoms with van der Waals surface area (Å²) in [4.78, 5) is 1.24. The Balaban J connectivity index is 2.02. The second-order valence-electron chi connectivity index (χ2n) is 4.86. The van der Waals surface area contributed by atoms with Crippen molar-refractivity contribution < 1.29 is 0 Å². The van der Waals surface area contributed by atoms with Crippen LogP contribution in [0, 0.1) is 5.92 Å². The molecule has 2 rings (SSSR count). The van der Waals surface area contributed by atoms with Crippen LogP contribution in [0.3, 0.4) is 0 Å². The number of hydrogen-bond donors (Lipinski definition) is 1. The number of rotatable bonds is 3. The van der Waals surface area contributed by atoms with Gasteiger partial charge in [-0.25, -0.2) is 0 Å². The van der Waals surface area contributed by atoms with E-state index < -0.39 is 0 Å². The molecule has 1 aromatic carbocycles. The Kier molecular flexibility index (Phi) is 4.80. The average molecular weight is 314 g/mol. The minimum Gasteiger partial charge on any atom is -0.398 e. The molecule has 1 aromatic rings. The van der Waals surface area contributed by atoms with Crippen molar-refractivity contribution in [3.63, 3.8) is 0 Å². The van der Waals surface area contributed by atoms with Gasteiger partial charge in [-0.05, 0) is 37.0 Å². The van der Waals surface area contributed by atoms with Crippen LogP contribution < -0.4 is 5.73 Å². The van der Waals surface area contributed by atoms with E-state index in [1.54, 1.807) is 0 Å². The van der Waals surface area contributed by atoms with Crippen molar-refractivity contribution in [3.8, 4) is 0 Å². The van der Waals surface area contributed by atoms with E-state index in [0.717, 1.165) is 21.3 Å². The molecule has 0 saturated heterocycles. The van der Waals surface area contributed by atoms with Crippen LogP contribution >= 0.6 is 27.7 Å². The summed E-state index contributed by atoms with van der Waals surface area (Å²) in [7, 11) is 0. The fourth-order valence-electron chi connectivity index (χ4n) is 2.51. The first kappa shape index (κ1) is 13.3. The van der Waals surface area contributed by atoms with E-state index in [9.17, 15) is 0 Å². The molecule has 0 aliphatic heterocycles. The Bertz CT molecular complexity index is 380. The zero-order chi connectivity index (χ0) is 12.3. The lowest BCUT2D eigenvalue weighted by atomic mass is 9.87. The Morgan fingerprint density at radius 3 is 3.00 bits per heavy atom. The molecule has 17 heavy (non-hydrogen) atoms. The molecule has 2 atom stereocenters. The summed E-state index contributed by atoms with van der Waals surface area (Å²) >= 11 is 5.49. The standard InChI is InChI=1S/C14H20BrNS/c1-2-10-4-3-5-12(8-10)17-14-9-11(15)6-7-13(14)16/h6-7,9-10,12H,2-5,8,16H2,1H3. The number of nitrogen functional groups attached to an aromatic ring is 1. The van der Waals surface area contributed by atoms with Crippen molar-refractivity contribution >= 4 is 33.4 Å². The van der Waals surface area contributed by atoms with E-state index in [1.807, 2.05) is 23.9 Å². The minimum atomic E-state index is 0.755. The Morgan fingerprint density at radius 1 is 1.41 bits per heavy atom. The summed E-state index contributed by atoms with van der Waals surface area (Å²) in [6.07, 6.45) is 6.82.